The third kappa shape index (κ3) is 4.64. The van der Waals surface area contributed by atoms with E-state index in [0.29, 0.717) is 16.6 Å². The first-order valence-corrected chi connectivity index (χ1v) is 10.6. The Morgan fingerprint density at radius 2 is 1.97 bits per heavy atom. The van der Waals surface area contributed by atoms with Crippen LogP contribution in [-0.4, -0.2) is 29.0 Å². The van der Waals surface area contributed by atoms with Crippen LogP contribution in [0.5, 0.6) is 0 Å². The van der Waals surface area contributed by atoms with Crippen LogP contribution in [0.4, 0.5) is 5.69 Å². The molecule has 30 heavy (non-hydrogen) atoms. The average molecular weight is 417 g/mol. The summed E-state index contributed by atoms with van der Waals surface area (Å²) >= 11 is 6.39. The van der Waals surface area contributed by atoms with Gasteiger partial charge < -0.3 is 4.90 Å². The topological polar surface area (TPSA) is 43.2 Å². The van der Waals surface area contributed by atoms with Gasteiger partial charge in [-0.25, -0.2) is 0 Å². The first-order valence-electron chi connectivity index (χ1n) is 10.3. The van der Waals surface area contributed by atoms with Crippen molar-refractivity contribution in [2.75, 3.05) is 18.0 Å². The molecule has 0 amide bonds. The van der Waals surface area contributed by atoms with Gasteiger partial charge in [-0.2, -0.15) is 5.26 Å². The smallest absolute Gasteiger partial charge is 0.101 e. The van der Waals surface area contributed by atoms with Gasteiger partial charge in [-0.1, -0.05) is 35.9 Å². The first kappa shape index (κ1) is 20.4. The van der Waals surface area contributed by atoms with Crippen molar-refractivity contribution in [1.82, 2.24) is 9.88 Å². The van der Waals surface area contributed by atoms with E-state index in [0.717, 1.165) is 38.3 Å². The molecule has 0 radical (unpaired) electrons. The van der Waals surface area contributed by atoms with E-state index in [9.17, 15) is 5.26 Å². The van der Waals surface area contributed by atoms with Crippen molar-refractivity contribution < 1.29 is 0 Å². The molecule has 1 atom stereocenters. The highest BCUT2D eigenvalue weighted by Crippen LogP contribution is 2.30. The number of halogens is 1. The van der Waals surface area contributed by atoms with Crippen LogP contribution in [0.15, 0.2) is 67.0 Å². The summed E-state index contributed by atoms with van der Waals surface area (Å²) in [5, 5.41) is 9.76. The Kier molecular flexibility index (Phi) is 6.32. The van der Waals surface area contributed by atoms with Gasteiger partial charge in [0.25, 0.3) is 0 Å². The second-order valence-electron chi connectivity index (χ2n) is 7.86. The molecule has 0 unspecified atom stereocenters. The Balaban J connectivity index is 1.58. The molecule has 152 valence electrons. The third-order valence-corrected chi connectivity index (χ3v) is 6.16. The molecule has 0 bridgehead atoms. The second kappa shape index (κ2) is 9.30. The van der Waals surface area contributed by atoms with E-state index in [2.05, 4.69) is 64.2 Å². The zero-order chi connectivity index (χ0) is 20.9. The minimum Gasteiger partial charge on any atom is -0.363 e. The number of nitriles is 1. The molecule has 1 aliphatic rings. The molecule has 5 heteroatoms. The number of nitrogens with zero attached hydrogens (tertiary/aromatic N) is 4. The molecular weight excluding hydrogens is 392 g/mol. The van der Waals surface area contributed by atoms with Gasteiger partial charge in [-0.05, 0) is 60.4 Å². The molecule has 1 aliphatic heterocycles. The summed E-state index contributed by atoms with van der Waals surface area (Å²) in [6.45, 7) is 5.96. The van der Waals surface area contributed by atoms with E-state index >= 15 is 0 Å². The summed E-state index contributed by atoms with van der Waals surface area (Å²) in [6.07, 6.45) is 4.80. The molecule has 4 rings (SSSR count). The number of aromatic nitrogens is 1. The van der Waals surface area contributed by atoms with Gasteiger partial charge >= 0.3 is 0 Å². The molecule has 4 nitrogen and oxygen atoms in total. The molecule has 0 aliphatic carbocycles. The van der Waals surface area contributed by atoms with Crippen LogP contribution in [0.1, 0.15) is 28.7 Å². The van der Waals surface area contributed by atoms with Gasteiger partial charge in [0.2, 0.25) is 0 Å². The van der Waals surface area contributed by atoms with Crippen molar-refractivity contribution in [3.63, 3.8) is 0 Å². The average Bonchev–Trinajstić information content (AvgIpc) is 3.22. The summed E-state index contributed by atoms with van der Waals surface area (Å²) in [4.78, 5) is 9.06. The van der Waals surface area contributed by atoms with E-state index in [4.69, 9.17) is 11.6 Å². The molecule has 3 aromatic rings. The van der Waals surface area contributed by atoms with Crippen molar-refractivity contribution in [2.45, 2.75) is 32.5 Å². The molecule has 1 saturated heterocycles. The molecule has 1 aromatic heterocycles. The Morgan fingerprint density at radius 1 is 1.17 bits per heavy atom. The molecule has 0 N–H and O–H groups in total. The second-order valence-corrected chi connectivity index (χ2v) is 8.27. The van der Waals surface area contributed by atoms with E-state index in [1.165, 1.54) is 16.7 Å². The number of pyridine rings is 1. The lowest BCUT2D eigenvalue weighted by molar-refractivity contribution is 0.324. The SMILES string of the molecule is Cc1ccccc1CN(c1ccc(C#N)c(Cl)c1)[C@H]1CCN(Cc2ccncc2)C1. The number of anilines is 1. The lowest BCUT2D eigenvalue weighted by Gasteiger charge is -2.32. The fourth-order valence-electron chi connectivity index (χ4n) is 4.13. The Morgan fingerprint density at radius 3 is 2.70 bits per heavy atom. The third-order valence-electron chi connectivity index (χ3n) is 5.85. The minimum atomic E-state index is 0.385. The number of hydrogen-bond donors (Lipinski definition) is 0. The normalized spacial score (nSPS) is 16.4. The molecular formula is C25H25ClN4. The van der Waals surface area contributed by atoms with Crippen LogP contribution in [-0.2, 0) is 13.1 Å². The monoisotopic (exact) mass is 416 g/mol. The fourth-order valence-corrected chi connectivity index (χ4v) is 4.35. The summed E-state index contributed by atoms with van der Waals surface area (Å²) < 4.78 is 0. The van der Waals surface area contributed by atoms with E-state index < -0.39 is 0 Å². The maximum absolute atomic E-state index is 9.25. The largest absolute Gasteiger partial charge is 0.363 e. The number of likely N-dealkylation sites (tertiary alicyclic amines) is 1. The number of hydrogen-bond acceptors (Lipinski definition) is 4. The van der Waals surface area contributed by atoms with Crippen LogP contribution in [0, 0.1) is 18.3 Å². The Bertz CT molecular complexity index is 1040. The highest BCUT2D eigenvalue weighted by molar-refractivity contribution is 6.32. The maximum Gasteiger partial charge on any atom is 0.101 e. The quantitative estimate of drug-likeness (QED) is 0.554. The van der Waals surface area contributed by atoms with Crippen molar-refractivity contribution >= 4 is 17.3 Å². The summed E-state index contributed by atoms with van der Waals surface area (Å²) in [5.74, 6) is 0. The summed E-state index contributed by atoms with van der Waals surface area (Å²) in [7, 11) is 0. The minimum absolute atomic E-state index is 0.385. The number of aryl methyl sites for hydroxylation is 1. The Labute approximate surface area is 183 Å². The highest BCUT2D eigenvalue weighted by atomic mass is 35.5. The molecule has 2 heterocycles. The lowest BCUT2D eigenvalue weighted by Crippen LogP contribution is -2.37. The van der Waals surface area contributed by atoms with E-state index in [-0.39, 0.29) is 0 Å². The van der Waals surface area contributed by atoms with Gasteiger partial charge in [0.1, 0.15) is 6.07 Å². The van der Waals surface area contributed by atoms with Gasteiger partial charge in [0.05, 0.1) is 10.6 Å². The van der Waals surface area contributed by atoms with Crippen molar-refractivity contribution in [2.24, 2.45) is 0 Å². The van der Waals surface area contributed by atoms with Crippen LogP contribution in [0.2, 0.25) is 5.02 Å². The zero-order valence-corrected chi connectivity index (χ0v) is 17.9. The first-order chi connectivity index (χ1) is 14.6. The molecule has 0 spiro atoms. The van der Waals surface area contributed by atoms with E-state index in [1.54, 1.807) is 0 Å². The van der Waals surface area contributed by atoms with Crippen molar-refractivity contribution in [1.29, 1.82) is 5.26 Å². The van der Waals surface area contributed by atoms with Crippen molar-refractivity contribution in [3.8, 4) is 6.07 Å². The highest BCUT2D eigenvalue weighted by Gasteiger charge is 2.28. The number of benzene rings is 2. The van der Waals surface area contributed by atoms with Crippen LogP contribution >= 0.6 is 11.6 Å². The summed E-state index contributed by atoms with van der Waals surface area (Å²) in [5.41, 5.74) is 5.47. The standard InChI is InChI=1S/C25H25ClN4/c1-19-4-2-3-5-22(19)17-30(23-7-6-21(15-27)25(26)14-23)24-10-13-29(18-24)16-20-8-11-28-12-9-20/h2-9,11-12,14,24H,10,13,16-18H2,1H3/t24-/m0/s1. The zero-order valence-electron chi connectivity index (χ0n) is 17.1. The van der Waals surface area contributed by atoms with Gasteiger partial charge in [0, 0.05) is 50.3 Å². The van der Waals surface area contributed by atoms with E-state index in [1.807, 2.05) is 30.6 Å². The maximum atomic E-state index is 9.25. The van der Waals surface area contributed by atoms with Gasteiger partial charge in [0.15, 0.2) is 0 Å². The van der Waals surface area contributed by atoms with Crippen LogP contribution in [0.25, 0.3) is 0 Å². The molecule has 2 aromatic carbocycles. The van der Waals surface area contributed by atoms with Crippen LogP contribution in [0.3, 0.4) is 0 Å². The number of rotatable bonds is 6. The van der Waals surface area contributed by atoms with Crippen molar-refractivity contribution in [3.05, 3.63) is 94.3 Å². The lowest BCUT2D eigenvalue weighted by atomic mass is 10.1. The molecule has 0 saturated carbocycles. The van der Waals surface area contributed by atoms with Gasteiger partial charge in [-0.3, -0.25) is 9.88 Å². The fraction of sp³-hybridized carbons (Fsp3) is 0.280. The predicted molar refractivity (Wildman–Crippen MR) is 121 cm³/mol. The van der Waals surface area contributed by atoms with Gasteiger partial charge in [-0.15, -0.1) is 0 Å². The predicted octanol–water partition coefficient (Wildman–Crippen LogP) is 5.20. The van der Waals surface area contributed by atoms with Crippen LogP contribution < -0.4 is 4.90 Å². The molecule has 1 fully saturated rings. The Hall–Kier alpha value is -2.87. The summed E-state index contributed by atoms with van der Waals surface area (Å²) in [6, 6.07) is 21.0.